The summed E-state index contributed by atoms with van der Waals surface area (Å²) < 4.78 is 13.1. The summed E-state index contributed by atoms with van der Waals surface area (Å²) in [6.45, 7) is 1.13. The number of carbonyl (C=O) groups is 2. The van der Waals surface area contributed by atoms with Gasteiger partial charge in [0.2, 0.25) is 11.8 Å². The van der Waals surface area contributed by atoms with Crippen molar-refractivity contribution in [2.75, 3.05) is 16.8 Å². The first-order chi connectivity index (χ1) is 11.0. The van der Waals surface area contributed by atoms with Gasteiger partial charge in [0.25, 0.3) is 0 Å². The van der Waals surface area contributed by atoms with E-state index in [1.165, 1.54) is 30.0 Å². The number of anilines is 2. The Labute approximate surface area is 133 Å². The first kappa shape index (κ1) is 16.2. The second-order valence-electron chi connectivity index (χ2n) is 4.82. The molecule has 0 aliphatic rings. The van der Waals surface area contributed by atoms with E-state index in [2.05, 4.69) is 5.32 Å². The number of amides is 2. The minimum Gasteiger partial charge on any atom is -0.324 e. The number of nitrogens with zero attached hydrogens (tertiary/aromatic N) is 2. The maximum atomic E-state index is 13.1. The zero-order valence-corrected chi connectivity index (χ0v) is 12.4. The van der Waals surface area contributed by atoms with Crippen LogP contribution in [0, 0.1) is 17.1 Å². The molecule has 0 unspecified atom stereocenters. The third-order valence-corrected chi connectivity index (χ3v) is 3.10. The molecule has 0 aromatic heterocycles. The van der Waals surface area contributed by atoms with E-state index in [4.69, 9.17) is 5.26 Å². The fourth-order valence-electron chi connectivity index (χ4n) is 2.01. The quantitative estimate of drug-likeness (QED) is 0.943. The molecule has 0 heterocycles. The maximum Gasteiger partial charge on any atom is 0.244 e. The van der Waals surface area contributed by atoms with Crippen molar-refractivity contribution in [3.8, 4) is 6.07 Å². The average molecular weight is 311 g/mol. The van der Waals surface area contributed by atoms with Crippen LogP contribution in [0.1, 0.15) is 12.5 Å². The van der Waals surface area contributed by atoms with E-state index in [0.717, 1.165) is 0 Å². The number of hydrogen-bond acceptors (Lipinski definition) is 3. The summed E-state index contributed by atoms with van der Waals surface area (Å²) in [5.41, 5.74) is 1.28. The Morgan fingerprint density at radius 1 is 1.22 bits per heavy atom. The molecule has 6 heteroatoms. The Kier molecular flexibility index (Phi) is 5.05. The molecule has 2 amide bonds. The molecule has 5 nitrogen and oxygen atoms in total. The lowest BCUT2D eigenvalue weighted by atomic mass is 10.2. The third kappa shape index (κ3) is 4.38. The van der Waals surface area contributed by atoms with Crippen molar-refractivity contribution in [1.29, 1.82) is 5.26 Å². The minimum atomic E-state index is -0.460. The molecule has 23 heavy (non-hydrogen) atoms. The average Bonchev–Trinajstić information content (AvgIpc) is 2.52. The first-order valence-electron chi connectivity index (χ1n) is 6.83. The van der Waals surface area contributed by atoms with Gasteiger partial charge >= 0.3 is 0 Å². The smallest absolute Gasteiger partial charge is 0.244 e. The van der Waals surface area contributed by atoms with E-state index in [0.29, 0.717) is 16.9 Å². The maximum absolute atomic E-state index is 13.1. The second-order valence-corrected chi connectivity index (χ2v) is 4.82. The normalized spacial score (nSPS) is 9.78. The number of nitrogens with one attached hydrogen (secondary N) is 1. The van der Waals surface area contributed by atoms with Crippen molar-refractivity contribution in [3.63, 3.8) is 0 Å². The monoisotopic (exact) mass is 311 g/mol. The Balaban J connectivity index is 2.11. The molecule has 2 aromatic carbocycles. The highest BCUT2D eigenvalue weighted by molar-refractivity contribution is 6.01. The van der Waals surface area contributed by atoms with Gasteiger partial charge in [0, 0.05) is 18.3 Å². The fraction of sp³-hybridized carbons (Fsp3) is 0.118. The molecule has 0 fully saturated rings. The topological polar surface area (TPSA) is 73.2 Å². The number of benzene rings is 2. The van der Waals surface area contributed by atoms with Gasteiger partial charge in [-0.2, -0.15) is 5.26 Å². The van der Waals surface area contributed by atoms with Crippen molar-refractivity contribution >= 4 is 23.2 Å². The summed E-state index contributed by atoms with van der Waals surface area (Å²) in [5, 5.41) is 11.3. The lowest BCUT2D eigenvalue weighted by molar-refractivity contribution is -0.120. The van der Waals surface area contributed by atoms with E-state index in [9.17, 15) is 14.0 Å². The van der Waals surface area contributed by atoms with Crippen LogP contribution in [0.4, 0.5) is 15.8 Å². The molecule has 2 rings (SSSR count). The molecule has 1 N–H and O–H groups in total. The van der Waals surface area contributed by atoms with Crippen LogP contribution in [0.25, 0.3) is 0 Å². The molecule has 0 atom stereocenters. The van der Waals surface area contributed by atoms with Gasteiger partial charge in [0.05, 0.1) is 11.6 Å². The van der Waals surface area contributed by atoms with Gasteiger partial charge < -0.3 is 10.2 Å². The summed E-state index contributed by atoms with van der Waals surface area (Å²) in [6.07, 6.45) is 0. The highest BCUT2D eigenvalue weighted by Gasteiger charge is 2.16. The van der Waals surface area contributed by atoms with Crippen LogP contribution < -0.4 is 10.2 Å². The predicted molar refractivity (Wildman–Crippen MR) is 84.2 cm³/mol. The summed E-state index contributed by atoms with van der Waals surface area (Å²) in [6, 6.07) is 13.8. The lowest BCUT2D eigenvalue weighted by Crippen LogP contribution is -2.36. The van der Waals surface area contributed by atoms with Crippen LogP contribution in [-0.4, -0.2) is 18.4 Å². The summed E-state index contributed by atoms with van der Waals surface area (Å²) in [4.78, 5) is 25.1. The molecular weight excluding hydrogens is 297 g/mol. The molecular formula is C17H14FN3O2. The van der Waals surface area contributed by atoms with Crippen LogP contribution in [0.5, 0.6) is 0 Å². The van der Waals surface area contributed by atoms with Crippen molar-refractivity contribution in [2.45, 2.75) is 6.92 Å². The van der Waals surface area contributed by atoms with Crippen LogP contribution in [-0.2, 0) is 9.59 Å². The number of halogens is 1. The molecule has 0 aliphatic heterocycles. The van der Waals surface area contributed by atoms with Gasteiger partial charge in [-0.15, -0.1) is 0 Å². The van der Waals surface area contributed by atoms with Gasteiger partial charge in [0.15, 0.2) is 0 Å². The van der Waals surface area contributed by atoms with E-state index in [1.54, 1.807) is 30.3 Å². The molecule has 0 bridgehead atoms. The largest absolute Gasteiger partial charge is 0.324 e. The molecule has 0 saturated carbocycles. The second kappa shape index (κ2) is 7.18. The number of rotatable bonds is 4. The van der Waals surface area contributed by atoms with E-state index in [1.807, 2.05) is 6.07 Å². The standard InChI is InChI=1S/C17H14FN3O2/c1-12(22)21(16-7-5-13(10-19)6-8-16)11-17(23)20-15-4-2-3-14(18)9-15/h2-9H,11H2,1H3,(H,20,23). The van der Waals surface area contributed by atoms with Crippen LogP contribution >= 0.6 is 0 Å². The molecule has 2 aromatic rings. The first-order valence-corrected chi connectivity index (χ1v) is 6.83. The minimum absolute atomic E-state index is 0.211. The van der Waals surface area contributed by atoms with Crippen LogP contribution in [0.15, 0.2) is 48.5 Å². The molecule has 116 valence electrons. The van der Waals surface area contributed by atoms with Crippen LogP contribution in [0.3, 0.4) is 0 Å². The number of nitriles is 1. The third-order valence-electron chi connectivity index (χ3n) is 3.10. The zero-order valence-electron chi connectivity index (χ0n) is 12.4. The number of hydrogen-bond donors (Lipinski definition) is 1. The Morgan fingerprint density at radius 3 is 2.48 bits per heavy atom. The van der Waals surface area contributed by atoms with Gasteiger partial charge in [0.1, 0.15) is 12.4 Å². The summed E-state index contributed by atoms with van der Waals surface area (Å²) in [7, 11) is 0. The van der Waals surface area contributed by atoms with Gasteiger partial charge in [-0.25, -0.2) is 4.39 Å². The van der Waals surface area contributed by atoms with Crippen molar-refractivity contribution < 1.29 is 14.0 Å². The Morgan fingerprint density at radius 2 is 1.91 bits per heavy atom. The Hall–Kier alpha value is -3.20. The zero-order chi connectivity index (χ0) is 16.8. The lowest BCUT2D eigenvalue weighted by Gasteiger charge is -2.20. The summed E-state index contributed by atoms with van der Waals surface area (Å²) >= 11 is 0. The van der Waals surface area contributed by atoms with Crippen LogP contribution in [0.2, 0.25) is 0 Å². The SMILES string of the molecule is CC(=O)N(CC(=O)Nc1cccc(F)c1)c1ccc(C#N)cc1. The van der Waals surface area contributed by atoms with Crippen molar-refractivity contribution in [1.82, 2.24) is 0 Å². The highest BCUT2D eigenvalue weighted by Crippen LogP contribution is 2.16. The van der Waals surface area contributed by atoms with Crippen molar-refractivity contribution in [2.24, 2.45) is 0 Å². The van der Waals surface area contributed by atoms with Crippen molar-refractivity contribution in [3.05, 3.63) is 59.9 Å². The number of carbonyl (C=O) groups excluding carboxylic acids is 2. The molecule has 0 aliphatic carbocycles. The molecule has 0 spiro atoms. The highest BCUT2D eigenvalue weighted by atomic mass is 19.1. The molecule has 0 saturated heterocycles. The van der Waals surface area contributed by atoms with E-state index in [-0.39, 0.29) is 12.5 Å². The van der Waals surface area contributed by atoms with E-state index < -0.39 is 11.7 Å². The van der Waals surface area contributed by atoms with Gasteiger partial charge in [-0.05, 0) is 42.5 Å². The van der Waals surface area contributed by atoms with E-state index >= 15 is 0 Å². The van der Waals surface area contributed by atoms with Gasteiger partial charge in [-0.1, -0.05) is 6.07 Å². The summed E-state index contributed by atoms with van der Waals surface area (Å²) in [5.74, 6) is -1.22. The molecule has 0 radical (unpaired) electrons. The Bertz CT molecular complexity index is 766. The fourth-order valence-corrected chi connectivity index (χ4v) is 2.01. The van der Waals surface area contributed by atoms with Gasteiger partial charge in [-0.3, -0.25) is 9.59 Å². The predicted octanol–water partition coefficient (Wildman–Crippen LogP) is 2.69.